The maximum absolute atomic E-state index is 12.2. The number of carbonyl (C=O) groups is 1. The van der Waals surface area contributed by atoms with Crippen molar-refractivity contribution in [2.45, 2.75) is 57.2 Å². The van der Waals surface area contributed by atoms with Crippen molar-refractivity contribution in [3.05, 3.63) is 30.3 Å². The number of carbonyl (C=O) groups excluding carboxylic acids is 1. The van der Waals surface area contributed by atoms with E-state index >= 15 is 0 Å². The highest BCUT2D eigenvalue weighted by Gasteiger charge is 2.66. The molecule has 1 aromatic rings. The summed E-state index contributed by atoms with van der Waals surface area (Å²) in [5.41, 5.74) is 1.25. The van der Waals surface area contributed by atoms with E-state index in [9.17, 15) is 4.79 Å². The van der Waals surface area contributed by atoms with E-state index in [4.69, 9.17) is 4.74 Å². The van der Waals surface area contributed by atoms with Crippen LogP contribution in [0.25, 0.3) is 0 Å². The van der Waals surface area contributed by atoms with Gasteiger partial charge in [0.25, 0.3) is 0 Å². The number of anilines is 1. The van der Waals surface area contributed by atoms with E-state index in [-0.39, 0.29) is 11.9 Å². The molecule has 1 amide bonds. The molecular formula is C19H26N2O2. The highest BCUT2D eigenvalue weighted by atomic mass is 16.5. The molecule has 2 aliphatic carbocycles. The number of rotatable bonds is 5. The molecule has 4 heteroatoms. The molecule has 23 heavy (non-hydrogen) atoms. The molecule has 4 nitrogen and oxygen atoms in total. The molecule has 0 radical (unpaired) electrons. The van der Waals surface area contributed by atoms with Crippen molar-refractivity contribution < 1.29 is 9.53 Å². The molecule has 4 rings (SSSR count). The zero-order valence-corrected chi connectivity index (χ0v) is 13.8. The Bertz CT molecular complexity index is 570. The maximum Gasteiger partial charge on any atom is 0.225 e. The van der Waals surface area contributed by atoms with E-state index in [1.807, 2.05) is 30.3 Å². The highest BCUT2D eigenvalue weighted by molar-refractivity contribution is 5.91. The van der Waals surface area contributed by atoms with Crippen molar-refractivity contribution in [2.75, 3.05) is 11.9 Å². The second kappa shape index (κ2) is 5.91. The summed E-state index contributed by atoms with van der Waals surface area (Å²) >= 11 is 0. The first-order chi connectivity index (χ1) is 11.2. The number of amides is 1. The Morgan fingerprint density at radius 3 is 2.83 bits per heavy atom. The molecule has 1 spiro atoms. The van der Waals surface area contributed by atoms with Crippen molar-refractivity contribution in [2.24, 2.45) is 11.3 Å². The molecule has 4 atom stereocenters. The van der Waals surface area contributed by atoms with Gasteiger partial charge in [-0.15, -0.1) is 0 Å². The van der Waals surface area contributed by atoms with Crippen LogP contribution in [0, 0.1) is 11.3 Å². The third kappa shape index (κ3) is 2.58. The van der Waals surface area contributed by atoms with E-state index in [0.717, 1.165) is 12.3 Å². The van der Waals surface area contributed by atoms with Gasteiger partial charge in [0.1, 0.15) is 0 Å². The van der Waals surface area contributed by atoms with Crippen molar-refractivity contribution in [1.29, 1.82) is 0 Å². The Morgan fingerprint density at radius 2 is 2.13 bits per heavy atom. The van der Waals surface area contributed by atoms with Gasteiger partial charge >= 0.3 is 0 Å². The average Bonchev–Trinajstić information content (AvgIpc) is 2.89. The lowest BCUT2D eigenvalue weighted by atomic mass is 9.46. The molecule has 2 N–H and O–H groups in total. The SMILES string of the molecule is C[C@H](CC(=O)Nc1ccccc1)N[C@@H]1[C@@H]2CCO[C@H]2C12CCC2. The standard InChI is InChI=1S/C19H26N2O2/c1-13(12-16(22)21-14-6-3-2-4-7-14)20-17-15-8-11-23-18(15)19(17)9-5-10-19/h2-4,6-7,13,15,17-18,20H,5,8-12H2,1H3,(H,21,22)/t13-,15+,17-,18-/m1/s1. The topological polar surface area (TPSA) is 50.4 Å². The number of benzene rings is 1. The first kappa shape index (κ1) is 15.2. The fraction of sp³-hybridized carbons (Fsp3) is 0.632. The van der Waals surface area contributed by atoms with Crippen molar-refractivity contribution >= 4 is 11.6 Å². The van der Waals surface area contributed by atoms with Crippen LogP contribution in [0.2, 0.25) is 0 Å². The Hall–Kier alpha value is -1.39. The van der Waals surface area contributed by atoms with Crippen LogP contribution >= 0.6 is 0 Å². The van der Waals surface area contributed by atoms with Crippen molar-refractivity contribution in [3.8, 4) is 0 Å². The Morgan fingerprint density at radius 1 is 1.35 bits per heavy atom. The number of hydrogen-bond acceptors (Lipinski definition) is 3. The fourth-order valence-electron chi connectivity index (χ4n) is 4.87. The molecule has 3 fully saturated rings. The number of nitrogens with one attached hydrogen (secondary N) is 2. The predicted octanol–water partition coefficient (Wildman–Crippen LogP) is 2.95. The van der Waals surface area contributed by atoms with Gasteiger partial charge in [0, 0.05) is 42.1 Å². The van der Waals surface area contributed by atoms with Crippen LogP contribution in [0.15, 0.2) is 30.3 Å². The maximum atomic E-state index is 12.2. The van der Waals surface area contributed by atoms with E-state index in [2.05, 4.69) is 17.6 Å². The Labute approximate surface area is 138 Å². The molecule has 0 unspecified atom stereocenters. The van der Waals surface area contributed by atoms with E-state index in [0.29, 0.717) is 29.9 Å². The smallest absolute Gasteiger partial charge is 0.225 e. The zero-order chi connectivity index (χ0) is 15.9. The van der Waals surface area contributed by atoms with Gasteiger partial charge in [-0.05, 0) is 38.3 Å². The largest absolute Gasteiger partial charge is 0.377 e. The van der Waals surface area contributed by atoms with E-state index in [1.54, 1.807) is 0 Å². The molecule has 1 saturated heterocycles. The second-order valence-electron chi connectivity index (χ2n) is 7.49. The summed E-state index contributed by atoms with van der Waals surface area (Å²) in [5.74, 6) is 0.743. The number of fused-ring (bicyclic) bond motifs is 2. The van der Waals surface area contributed by atoms with Gasteiger partial charge in [-0.1, -0.05) is 24.6 Å². The van der Waals surface area contributed by atoms with Crippen molar-refractivity contribution in [3.63, 3.8) is 0 Å². The molecule has 0 bridgehead atoms. The normalized spacial score (nSPS) is 31.8. The molecule has 1 aliphatic heterocycles. The van der Waals surface area contributed by atoms with Crippen LogP contribution in [0.1, 0.15) is 39.0 Å². The zero-order valence-electron chi connectivity index (χ0n) is 13.8. The van der Waals surface area contributed by atoms with Crippen molar-refractivity contribution in [1.82, 2.24) is 5.32 Å². The summed E-state index contributed by atoms with van der Waals surface area (Å²) in [7, 11) is 0. The summed E-state index contributed by atoms with van der Waals surface area (Å²) in [6.07, 6.45) is 6.07. The molecule has 3 aliphatic rings. The molecule has 2 saturated carbocycles. The van der Waals surface area contributed by atoms with E-state index < -0.39 is 0 Å². The number of hydrogen-bond donors (Lipinski definition) is 2. The van der Waals surface area contributed by atoms with Crippen LogP contribution in [0.4, 0.5) is 5.69 Å². The highest BCUT2D eigenvalue weighted by Crippen LogP contribution is 2.62. The molecule has 1 heterocycles. The molecule has 0 aromatic heterocycles. The van der Waals surface area contributed by atoms with Gasteiger partial charge in [-0.25, -0.2) is 0 Å². The Balaban J connectivity index is 1.31. The van der Waals surface area contributed by atoms with Crippen LogP contribution in [0.5, 0.6) is 0 Å². The minimum absolute atomic E-state index is 0.0809. The van der Waals surface area contributed by atoms with Crippen LogP contribution < -0.4 is 10.6 Å². The van der Waals surface area contributed by atoms with Crippen LogP contribution in [0.3, 0.4) is 0 Å². The number of ether oxygens (including phenoxy) is 1. The minimum Gasteiger partial charge on any atom is -0.377 e. The lowest BCUT2D eigenvalue weighted by Crippen LogP contribution is -2.72. The lowest BCUT2D eigenvalue weighted by Gasteiger charge is -2.64. The minimum atomic E-state index is 0.0809. The summed E-state index contributed by atoms with van der Waals surface area (Å²) in [5, 5.41) is 6.73. The lowest BCUT2D eigenvalue weighted by molar-refractivity contribution is -0.178. The third-order valence-electron chi connectivity index (χ3n) is 6.05. The average molecular weight is 314 g/mol. The van der Waals surface area contributed by atoms with E-state index in [1.165, 1.54) is 25.7 Å². The first-order valence-corrected chi connectivity index (χ1v) is 8.92. The first-order valence-electron chi connectivity index (χ1n) is 8.92. The molecule has 124 valence electrons. The summed E-state index contributed by atoms with van der Waals surface area (Å²) in [4.78, 5) is 12.2. The summed E-state index contributed by atoms with van der Waals surface area (Å²) in [6, 6.07) is 10.4. The quantitative estimate of drug-likeness (QED) is 0.878. The van der Waals surface area contributed by atoms with Gasteiger partial charge < -0.3 is 15.4 Å². The van der Waals surface area contributed by atoms with Gasteiger partial charge in [0.15, 0.2) is 0 Å². The van der Waals surface area contributed by atoms with Crippen LogP contribution in [-0.2, 0) is 9.53 Å². The predicted molar refractivity (Wildman–Crippen MR) is 90.2 cm³/mol. The van der Waals surface area contributed by atoms with Gasteiger partial charge in [-0.3, -0.25) is 4.79 Å². The molecular weight excluding hydrogens is 288 g/mol. The van der Waals surface area contributed by atoms with Gasteiger partial charge in [0.2, 0.25) is 5.91 Å². The fourth-order valence-corrected chi connectivity index (χ4v) is 4.87. The third-order valence-corrected chi connectivity index (χ3v) is 6.05. The monoisotopic (exact) mass is 314 g/mol. The summed E-state index contributed by atoms with van der Waals surface area (Å²) in [6.45, 7) is 3.04. The number of para-hydroxylation sites is 1. The Kier molecular flexibility index (Phi) is 3.90. The van der Waals surface area contributed by atoms with Gasteiger partial charge in [0.05, 0.1) is 6.10 Å². The summed E-state index contributed by atoms with van der Waals surface area (Å²) < 4.78 is 5.96. The molecule has 1 aromatic carbocycles. The second-order valence-corrected chi connectivity index (χ2v) is 7.49. The van der Waals surface area contributed by atoms with Gasteiger partial charge in [-0.2, -0.15) is 0 Å². The van der Waals surface area contributed by atoms with Crippen LogP contribution in [-0.4, -0.2) is 30.7 Å².